The minimum Gasteiger partial charge on any atom is -0.251 e. The molecule has 0 spiro atoms. The number of sulfone groups is 1. The largest absolute Gasteiger partial charge is 0.251 e. The number of aromatic nitrogens is 3. The normalized spacial score (nSPS) is 12.0. The molecule has 3 heterocycles. The van der Waals surface area contributed by atoms with E-state index in [1.54, 1.807) is 16.6 Å². The summed E-state index contributed by atoms with van der Waals surface area (Å²) in [7, 11) is -3.26. The number of hydrogen-bond donors (Lipinski definition) is 0. The number of hydrogen-bond acceptors (Lipinski definition) is 4. The van der Waals surface area contributed by atoms with Crippen molar-refractivity contribution in [3.8, 4) is 11.4 Å². The quantitative estimate of drug-likeness (QED) is 0.700. The van der Waals surface area contributed by atoms with Gasteiger partial charge in [-0.3, -0.25) is 4.98 Å². The Hall–Kier alpha value is -1.73. The third-order valence-corrected chi connectivity index (χ3v) is 4.98. The van der Waals surface area contributed by atoms with Gasteiger partial charge in [-0.1, -0.05) is 6.07 Å². The Balaban J connectivity index is 2.24. The van der Waals surface area contributed by atoms with Gasteiger partial charge in [-0.25, -0.2) is 12.9 Å². The summed E-state index contributed by atoms with van der Waals surface area (Å²) in [6.45, 7) is 1.91. The van der Waals surface area contributed by atoms with Crippen LogP contribution in [0.15, 0.2) is 45.9 Å². The first-order valence-corrected chi connectivity index (χ1v) is 8.87. The second-order valence-electron chi connectivity index (χ2n) is 4.79. The number of nitrogens with zero attached hydrogens (tertiary/aromatic N) is 3. The molecule has 3 aromatic rings. The minimum atomic E-state index is -3.26. The van der Waals surface area contributed by atoms with Gasteiger partial charge < -0.3 is 0 Å². The van der Waals surface area contributed by atoms with Crippen molar-refractivity contribution in [1.29, 1.82) is 0 Å². The molecule has 7 heteroatoms. The third-order valence-electron chi connectivity index (χ3n) is 3.10. The Morgan fingerprint density at radius 1 is 1.19 bits per heavy atom. The van der Waals surface area contributed by atoms with Crippen LogP contribution in [-0.4, -0.2) is 29.3 Å². The number of rotatable bonds is 2. The summed E-state index contributed by atoms with van der Waals surface area (Å²) in [5.41, 5.74) is 3.12. The predicted molar refractivity (Wildman–Crippen MR) is 84.0 cm³/mol. The molecular formula is C14H12BrN3O2S. The fourth-order valence-electron chi connectivity index (χ4n) is 2.06. The summed E-state index contributed by atoms with van der Waals surface area (Å²) in [5, 5.41) is 4.44. The molecule has 0 aliphatic rings. The summed E-state index contributed by atoms with van der Waals surface area (Å²) >= 11 is 3.52. The molecule has 3 aromatic heterocycles. The maximum Gasteiger partial charge on any atom is 0.177 e. The van der Waals surface area contributed by atoms with E-state index in [1.165, 1.54) is 12.5 Å². The monoisotopic (exact) mass is 365 g/mol. The lowest BCUT2D eigenvalue weighted by atomic mass is 10.2. The predicted octanol–water partition coefficient (Wildman–Crippen LogP) is 2.87. The molecule has 0 unspecified atom stereocenters. The van der Waals surface area contributed by atoms with Gasteiger partial charge in [-0.2, -0.15) is 5.10 Å². The highest BCUT2D eigenvalue weighted by molar-refractivity contribution is 9.10. The molecule has 108 valence electrons. The fraction of sp³-hybridized carbons (Fsp3) is 0.143. The Kier molecular flexibility index (Phi) is 3.33. The smallest absolute Gasteiger partial charge is 0.177 e. The van der Waals surface area contributed by atoms with Crippen LogP contribution in [-0.2, 0) is 9.84 Å². The molecule has 0 fully saturated rings. The Morgan fingerprint density at radius 2 is 1.95 bits per heavy atom. The zero-order valence-corrected chi connectivity index (χ0v) is 13.8. The SMILES string of the molecule is Cc1cccc(-c2nn3cc(S(C)(=O)=O)ccc3c2Br)n1. The Labute approximate surface area is 130 Å². The van der Waals surface area contributed by atoms with Crippen LogP contribution >= 0.6 is 15.9 Å². The molecule has 3 rings (SSSR count). The van der Waals surface area contributed by atoms with Gasteiger partial charge in [0.15, 0.2) is 9.84 Å². The van der Waals surface area contributed by atoms with Crippen molar-refractivity contribution >= 4 is 31.3 Å². The summed E-state index contributed by atoms with van der Waals surface area (Å²) < 4.78 is 25.6. The van der Waals surface area contributed by atoms with E-state index in [1.807, 2.05) is 25.1 Å². The highest BCUT2D eigenvalue weighted by Crippen LogP contribution is 2.30. The molecule has 0 N–H and O–H groups in total. The van der Waals surface area contributed by atoms with Gasteiger partial charge in [-0.05, 0) is 47.1 Å². The van der Waals surface area contributed by atoms with Crippen molar-refractivity contribution < 1.29 is 8.42 Å². The van der Waals surface area contributed by atoms with Gasteiger partial charge in [0.2, 0.25) is 0 Å². The van der Waals surface area contributed by atoms with Gasteiger partial charge in [0.25, 0.3) is 0 Å². The molecule has 0 aliphatic heterocycles. The molecule has 21 heavy (non-hydrogen) atoms. The first kappa shape index (κ1) is 14.2. The van der Waals surface area contributed by atoms with Gasteiger partial charge in [0.1, 0.15) is 5.69 Å². The first-order valence-electron chi connectivity index (χ1n) is 6.18. The van der Waals surface area contributed by atoms with E-state index in [-0.39, 0.29) is 4.90 Å². The van der Waals surface area contributed by atoms with Gasteiger partial charge >= 0.3 is 0 Å². The summed E-state index contributed by atoms with van der Waals surface area (Å²) in [6.07, 6.45) is 2.68. The first-order chi connectivity index (χ1) is 9.86. The number of pyridine rings is 2. The van der Waals surface area contributed by atoms with E-state index in [4.69, 9.17) is 0 Å². The van der Waals surface area contributed by atoms with Crippen molar-refractivity contribution in [2.45, 2.75) is 11.8 Å². The summed E-state index contributed by atoms with van der Waals surface area (Å²) in [4.78, 5) is 4.68. The lowest BCUT2D eigenvalue weighted by Crippen LogP contribution is -1.99. The Bertz CT molecular complexity index is 948. The fourth-order valence-corrected chi connectivity index (χ4v) is 3.26. The van der Waals surface area contributed by atoms with Crippen LogP contribution < -0.4 is 0 Å². The summed E-state index contributed by atoms with van der Waals surface area (Å²) in [6, 6.07) is 9.00. The molecule has 0 bridgehead atoms. The van der Waals surface area contributed by atoms with Crippen molar-refractivity contribution in [3.63, 3.8) is 0 Å². The van der Waals surface area contributed by atoms with Crippen LogP contribution in [0.25, 0.3) is 16.9 Å². The molecule has 5 nitrogen and oxygen atoms in total. The van der Waals surface area contributed by atoms with E-state index in [9.17, 15) is 8.42 Å². The number of aryl methyl sites for hydroxylation is 1. The molecule has 0 saturated carbocycles. The van der Waals surface area contributed by atoms with Crippen molar-refractivity contribution in [3.05, 3.63) is 46.7 Å². The number of halogens is 1. The topological polar surface area (TPSA) is 64.3 Å². The molecule has 0 aliphatic carbocycles. The van der Waals surface area contributed by atoms with Crippen LogP contribution in [0.5, 0.6) is 0 Å². The van der Waals surface area contributed by atoms with Crippen molar-refractivity contribution in [1.82, 2.24) is 14.6 Å². The molecule has 0 atom stereocenters. The maximum atomic E-state index is 11.6. The van der Waals surface area contributed by atoms with E-state index in [2.05, 4.69) is 26.0 Å². The third kappa shape index (κ3) is 2.58. The number of fused-ring (bicyclic) bond motifs is 1. The zero-order valence-electron chi connectivity index (χ0n) is 11.4. The van der Waals surface area contributed by atoms with E-state index in [0.717, 1.165) is 21.4 Å². The summed E-state index contributed by atoms with van der Waals surface area (Å²) in [5.74, 6) is 0. The van der Waals surface area contributed by atoms with Gasteiger partial charge in [0.05, 0.1) is 20.6 Å². The van der Waals surface area contributed by atoms with Crippen molar-refractivity contribution in [2.24, 2.45) is 0 Å². The Morgan fingerprint density at radius 3 is 2.62 bits per heavy atom. The van der Waals surface area contributed by atoms with Gasteiger partial charge in [-0.15, -0.1) is 0 Å². The van der Waals surface area contributed by atoms with E-state index >= 15 is 0 Å². The lowest BCUT2D eigenvalue weighted by molar-refractivity contribution is 0.601. The molecule has 0 amide bonds. The molecular weight excluding hydrogens is 354 g/mol. The zero-order chi connectivity index (χ0) is 15.2. The van der Waals surface area contributed by atoms with Gasteiger partial charge in [0, 0.05) is 18.1 Å². The second kappa shape index (κ2) is 4.92. The standard InChI is InChI=1S/C14H12BrN3O2S/c1-9-4-3-5-11(16-9)14-13(15)12-7-6-10(21(2,19)20)8-18(12)17-14/h3-8H,1-2H3. The molecule has 0 radical (unpaired) electrons. The van der Waals surface area contributed by atoms with E-state index < -0.39 is 9.84 Å². The molecule has 0 saturated heterocycles. The lowest BCUT2D eigenvalue weighted by Gasteiger charge is -1.98. The average molecular weight is 366 g/mol. The van der Waals surface area contributed by atoms with Crippen molar-refractivity contribution in [2.75, 3.05) is 6.26 Å². The maximum absolute atomic E-state index is 11.6. The van der Waals surface area contributed by atoms with Crippen LogP contribution in [0.4, 0.5) is 0 Å². The average Bonchev–Trinajstić information content (AvgIpc) is 2.75. The van der Waals surface area contributed by atoms with E-state index in [0.29, 0.717) is 5.69 Å². The van der Waals surface area contributed by atoms with Crippen LogP contribution in [0.2, 0.25) is 0 Å². The molecule has 0 aromatic carbocycles. The van der Waals surface area contributed by atoms with Crippen LogP contribution in [0, 0.1) is 6.92 Å². The van der Waals surface area contributed by atoms with Crippen LogP contribution in [0.3, 0.4) is 0 Å². The minimum absolute atomic E-state index is 0.230. The highest BCUT2D eigenvalue weighted by Gasteiger charge is 2.15. The van der Waals surface area contributed by atoms with Crippen LogP contribution in [0.1, 0.15) is 5.69 Å². The highest BCUT2D eigenvalue weighted by atomic mass is 79.9. The second-order valence-corrected chi connectivity index (χ2v) is 7.60.